The van der Waals surface area contributed by atoms with Crippen molar-refractivity contribution in [2.75, 3.05) is 12.3 Å². The summed E-state index contributed by atoms with van der Waals surface area (Å²) in [6, 6.07) is 6.42. The summed E-state index contributed by atoms with van der Waals surface area (Å²) in [6.07, 6.45) is 4.98. The molecular weight excluding hydrogens is 297 g/mol. The molecule has 1 fully saturated rings. The Kier molecular flexibility index (Phi) is 6.34. The average molecular weight is 318 g/mol. The molecule has 4 heteroatoms. The van der Waals surface area contributed by atoms with E-state index in [0.29, 0.717) is 21.3 Å². The summed E-state index contributed by atoms with van der Waals surface area (Å²) in [4.78, 5) is 0. The van der Waals surface area contributed by atoms with E-state index in [1.165, 1.54) is 25.0 Å². The molecule has 1 aromatic rings. The second-order valence-corrected chi connectivity index (χ2v) is 7.12. The third-order valence-corrected chi connectivity index (χ3v) is 5.98. The van der Waals surface area contributed by atoms with E-state index in [9.17, 15) is 0 Å². The van der Waals surface area contributed by atoms with Gasteiger partial charge >= 0.3 is 0 Å². The van der Waals surface area contributed by atoms with Crippen molar-refractivity contribution in [1.29, 1.82) is 0 Å². The number of rotatable bonds is 5. The molecule has 1 saturated heterocycles. The number of hydrogen-bond donors (Lipinski definition) is 1. The summed E-state index contributed by atoms with van der Waals surface area (Å²) in [5.74, 6) is 1.29. The van der Waals surface area contributed by atoms with E-state index in [1.807, 2.05) is 12.1 Å². The van der Waals surface area contributed by atoms with E-state index in [4.69, 9.17) is 23.2 Å². The molecule has 2 rings (SSSR count). The lowest BCUT2D eigenvalue weighted by molar-refractivity contribution is 0.472. The minimum Gasteiger partial charge on any atom is -0.313 e. The SMILES string of the molecule is CCNC(Cc1cccc(Cl)c1Cl)C1CCCCS1. The monoisotopic (exact) mass is 317 g/mol. The van der Waals surface area contributed by atoms with Crippen molar-refractivity contribution in [3.05, 3.63) is 33.8 Å². The van der Waals surface area contributed by atoms with E-state index in [1.54, 1.807) is 0 Å². The average Bonchev–Trinajstić information content (AvgIpc) is 2.44. The predicted octanol–water partition coefficient (Wildman–Crippen LogP) is 4.80. The van der Waals surface area contributed by atoms with Gasteiger partial charge in [-0.15, -0.1) is 0 Å². The largest absolute Gasteiger partial charge is 0.313 e. The van der Waals surface area contributed by atoms with Gasteiger partial charge in [0.05, 0.1) is 10.0 Å². The van der Waals surface area contributed by atoms with Crippen molar-refractivity contribution in [1.82, 2.24) is 5.32 Å². The van der Waals surface area contributed by atoms with E-state index < -0.39 is 0 Å². The van der Waals surface area contributed by atoms with Crippen LogP contribution in [0.4, 0.5) is 0 Å². The fourth-order valence-corrected chi connectivity index (χ4v) is 4.45. The molecule has 0 saturated carbocycles. The fraction of sp³-hybridized carbons (Fsp3) is 0.600. The van der Waals surface area contributed by atoms with Crippen molar-refractivity contribution < 1.29 is 0 Å². The Morgan fingerprint density at radius 3 is 2.89 bits per heavy atom. The Bertz CT molecular complexity index is 405. The minimum atomic E-state index is 0.492. The zero-order valence-corrected chi connectivity index (χ0v) is 13.6. The predicted molar refractivity (Wildman–Crippen MR) is 87.7 cm³/mol. The number of hydrogen-bond acceptors (Lipinski definition) is 2. The van der Waals surface area contributed by atoms with Gasteiger partial charge in [0, 0.05) is 11.3 Å². The maximum absolute atomic E-state index is 6.31. The Labute approximate surface area is 130 Å². The van der Waals surface area contributed by atoms with Crippen LogP contribution in [0.3, 0.4) is 0 Å². The third-order valence-electron chi connectivity index (χ3n) is 3.60. The van der Waals surface area contributed by atoms with Crippen LogP contribution in [0, 0.1) is 0 Å². The molecule has 19 heavy (non-hydrogen) atoms. The standard InChI is InChI=1S/C15H21Cl2NS/c1-2-18-13(14-8-3-4-9-19-14)10-11-6-5-7-12(16)15(11)17/h5-7,13-14,18H,2-4,8-10H2,1H3. The van der Waals surface area contributed by atoms with Gasteiger partial charge < -0.3 is 5.32 Å². The van der Waals surface area contributed by atoms with Crippen molar-refractivity contribution in [3.63, 3.8) is 0 Å². The molecular formula is C15H21Cl2NS. The highest BCUT2D eigenvalue weighted by atomic mass is 35.5. The fourth-order valence-electron chi connectivity index (χ4n) is 2.62. The maximum Gasteiger partial charge on any atom is 0.0624 e. The smallest absolute Gasteiger partial charge is 0.0624 e. The molecule has 106 valence electrons. The number of nitrogens with one attached hydrogen (secondary N) is 1. The van der Waals surface area contributed by atoms with Crippen LogP contribution >= 0.6 is 35.0 Å². The van der Waals surface area contributed by atoms with Gasteiger partial charge in [-0.05, 0) is 43.2 Å². The summed E-state index contributed by atoms with van der Waals surface area (Å²) in [6.45, 7) is 3.17. The normalized spacial score (nSPS) is 21.3. The van der Waals surface area contributed by atoms with E-state index in [2.05, 4.69) is 30.1 Å². The van der Waals surface area contributed by atoms with Gasteiger partial charge in [-0.2, -0.15) is 11.8 Å². The van der Waals surface area contributed by atoms with Crippen LogP contribution in [-0.2, 0) is 6.42 Å². The first kappa shape index (κ1) is 15.5. The first-order chi connectivity index (χ1) is 9.22. The van der Waals surface area contributed by atoms with Crippen LogP contribution < -0.4 is 5.32 Å². The zero-order chi connectivity index (χ0) is 13.7. The molecule has 0 radical (unpaired) electrons. The van der Waals surface area contributed by atoms with Crippen molar-refractivity contribution in [2.45, 2.75) is 43.9 Å². The lowest BCUT2D eigenvalue weighted by Gasteiger charge is -2.30. The minimum absolute atomic E-state index is 0.492. The lowest BCUT2D eigenvalue weighted by Crippen LogP contribution is -2.41. The summed E-state index contributed by atoms with van der Waals surface area (Å²) in [5.41, 5.74) is 1.16. The number of thioether (sulfide) groups is 1. The molecule has 1 heterocycles. The highest BCUT2D eigenvalue weighted by Crippen LogP contribution is 2.31. The van der Waals surface area contributed by atoms with E-state index >= 15 is 0 Å². The third kappa shape index (κ3) is 4.29. The van der Waals surface area contributed by atoms with Gasteiger partial charge in [0.15, 0.2) is 0 Å². The molecule has 0 spiro atoms. The Morgan fingerprint density at radius 1 is 1.37 bits per heavy atom. The summed E-state index contributed by atoms with van der Waals surface area (Å²) in [7, 11) is 0. The summed E-state index contributed by atoms with van der Waals surface area (Å²) in [5, 5.41) is 5.70. The summed E-state index contributed by atoms with van der Waals surface area (Å²) < 4.78 is 0. The van der Waals surface area contributed by atoms with Crippen LogP contribution in [0.15, 0.2) is 18.2 Å². The second-order valence-electron chi connectivity index (χ2n) is 4.99. The Balaban J connectivity index is 2.08. The van der Waals surface area contributed by atoms with Crippen molar-refractivity contribution >= 4 is 35.0 Å². The molecule has 1 aromatic carbocycles. The first-order valence-corrected chi connectivity index (χ1v) is 8.80. The van der Waals surface area contributed by atoms with Crippen molar-refractivity contribution in [2.24, 2.45) is 0 Å². The highest BCUT2D eigenvalue weighted by molar-refractivity contribution is 8.00. The van der Waals surface area contributed by atoms with Crippen LogP contribution in [0.25, 0.3) is 0 Å². The molecule has 0 bridgehead atoms. The molecule has 2 unspecified atom stereocenters. The second kappa shape index (κ2) is 7.78. The van der Waals surface area contributed by atoms with Gasteiger partial charge in [-0.1, -0.05) is 48.7 Å². The van der Waals surface area contributed by atoms with E-state index in [-0.39, 0.29) is 0 Å². The lowest BCUT2D eigenvalue weighted by atomic mass is 9.99. The van der Waals surface area contributed by atoms with E-state index in [0.717, 1.165) is 18.5 Å². The molecule has 1 nitrogen and oxygen atoms in total. The van der Waals surface area contributed by atoms with Crippen LogP contribution in [0.2, 0.25) is 10.0 Å². The highest BCUT2D eigenvalue weighted by Gasteiger charge is 2.24. The topological polar surface area (TPSA) is 12.0 Å². The Hall–Kier alpha value is 0.110. The summed E-state index contributed by atoms with van der Waals surface area (Å²) >= 11 is 14.5. The quantitative estimate of drug-likeness (QED) is 0.837. The molecule has 0 amide bonds. The number of halogens is 2. The maximum atomic E-state index is 6.31. The molecule has 1 aliphatic heterocycles. The zero-order valence-electron chi connectivity index (χ0n) is 11.3. The molecule has 0 aliphatic carbocycles. The molecule has 2 atom stereocenters. The molecule has 1 N–H and O–H groups in total. The van der Waals surface area contributed by atoms with Gasteiger partial charge in [-0.3, -0.25) is 0 Å². The van der Waals surface area contributed by atoms with Crippen LogP contribution in [0.1, 0.15) is 31.7 Å². The van der Waals surface area contributed by atoms with Gasteiger partial charge in [0.25, 0.3) is 0 Å². The van der Waals surface area contributed by atoms with Crippen LogP contribution in [-0.4, -0.2) is 23.6 Å². The van der Waals surface area contributed by atoms with Gasteiger partial charge in [-0.25, -0.2) is 0 Å². The van der Waals surface area contributed by atoms with Gasteiger partial charge in [0.2, 0.25) is 0 Å². The number of likely N-dealkylation sites (N-methyl/N-ethyl adjacent to an activating group) is 1. The molecule has 1 aliphatic rings. The van der Waals surface area contributed by atoms with Crippen molar-refractivity contribution in [3.8, 4) is 0 Å². The Morgan fingerprint density at radius 2 is 2.21 bits per heavy atom. The van der Waals surface area contributed by atoms with Crippen LogP contribution in [0.5, 0.6) is 0 Å². The van der Waals surface area contributed by atoms with Gasteiger partial charge in [0.1, 0.15) is 0 Å². The first-order valence-electron chi connectivity index (χ1n) is 7.00. The molecule has 0 aromatic heterocycles. The number of benzene rings is 1.